The number of hydrogen-bond donors (Lipinski definition) is 2. The van der Waals surface area contributed by atoms with Gasteiger partial charge in [0.25, 0.3) is 0 Å². The van der Waals surface area contributed by atoms with Crippen LogP contribution < -0.4 is 20.1 Å². The average Bonchev–Trinajstić information content (AvgIpc) is 2.69. The van der Waals surface area contributed by atoms with Crippen molar-refractivity contribution >= 4 is 23.1 Å². The lowest BCUT2D eigenvalue weighted by Crippen LogP contribution is -2.05. The van der Waals surface area contributed by atoms with E-state index in [1.54, 1.807) is 26.5 Å². The van der Waals surface area contributed by atoms with Crippen molar-refractivity contribution < 1.29 is 9.47 Å². The van der Waals surface area contributed by atoms with Crippen LogP contribution >= 0.6 is 0 Å². The molecule has 1 heterocycles. The minimum Gasteiger partial charge on any atom is -0.497 e. The molecule has 0 spiro atoms. The molecule has 2 N–H and O–H groups in total. The largest absolute Gasteiger partial charge is 0.497 e. The van der Waals surface area contributed by atoms with E-state index in [1.807, 2.05) is 30.3 Å². The second kappa shape index (κ2) is 8.35. The number of methoxy groups -OCH3 is 2. The zero-order valence-electron chi connectivity index (χ0n) is 15.9. The third-order valence-electron chi connectivity index (χ3n) is 4.06. The maximum atomic E-state index is 5.41. The van der Waals surface area contributed by atoms with E-state index >= 15 is 0 Å². The van der Waals surface area contributed by atoms with Crippen LogP contribution in [-0.4, -0.2) is 29.4 Å². The Morgan fingerprint density at radius 2 is 1.74 bits per heavy atom. The third kappa shape index (κ3) is 4.44. The van der Waals surface area contributed by atoms with Crippen LogP contribution in [0.4, 0.5) is 23.1 Å². The quantitative estimate of drug-likeness (QED) is 0.638. The number of anilines is 4. The number of nitrogens with one attached hydrogen (secondary N) is 2. The fourth-order valence-corrected chi connectivity index (χ4v) is 2.69. The summed E-state index contributed by atoms with van der Waals surface area (Å²) in [6, 6.07) is 13.6. The van der Waals surface area contributed by atoms with Crippen molar-refractivity contribution in [1.29, 1.82) is 0 Å². The van der Waals surface area contributed by atoms with Gasteiger partial charge >= 0.3 is 0 Å². The summed E-state index contributed by atoms with van der Waals surface area (Å²) in [5.41, 5.74) is 2.91. The number of ether oxygens (including phenoxy) is 2. The highest BCUT2D eigenvalue weighted by Crippen LogP contribution is 2.31. The Bertz CT molecular complexity index is 914. The molecule has 2 aromatic carbocycles. The summed E-state index contributed by atoms with van der Waals surface area (Å²) in [5, 5.41) is 14.6. The highest BCUT2D eigenvalue weighted by molar-refractivity contribution is 5.66. The zero-order chi connectivity index (χ0) is 19.2. The summed E-state index contributed by atoms with van der Waals surface area (Å²) in [6.07, 6.45) is 1.56. The van der Waals surface area contributed by atoms with Crippen LogP contribution in [0.3, 0.4) is 0 Å². The molecule has 7 nitrogen and oxygen atoms in total. The molecule has 27 heavy (non-hydrogen) atoms. The van der Waals surface area contributed by atoms with E-state index in [9.17, 15) is 0 Å². The van der Waals surface area contributed by atoms with Crippen molar-refractivity contribution in [3.63, 3.8) is 0 Å². The van der Waals surface area contributed by atoms with Crippen molar-refractivity contribution in [2.45, 2.75) is 19.8 Å². The molecule has 0 aliphatic heterocycles. The topological polar surface area (TPSA) is 81.2 Å². The van der Waals surface area contributed by atoms with Crippen molar-refractivity contribution in [2.75, 3.05) is 24.9 Å². The lowest BCUT2D eigenvalue weighted by atomic mass is 10.0. The summed E-state index contributed by atoms with van der Waals surface area (Å²) in [6.45, 7) is 4.29. The van der Waals surface area contributed by atoms with E-state index in [0.29, 0.717) is 29.2 Å². The van der Waals surface area contributed by atoms with Gasteiger partial charge in [-0.05, 0) is 29.7 Å². The summed E-state index contributed by atoms with van der Waals surface area (Å²) in [7, 11) is 3.22. The van der Waals surface area contributed by atoms with Crippen LogP contribution in [0.2, 0.25) is 0 Å². The van der Waals surface area contributed by atoms with Gasteiger partial charge in [0, 0.05) is 11.8 Å². The lowest BCUT2D eigenvalue weighted by molar-refractivity contribution is 0.395. The molecular formula is C20H23N5O2. The smallest absolute Gasteiger partial charge is 0.249 e. The molecule has 0 aliphatic carbocycles. The van der Waals surface area contributed by atoms with Crippen LogP contribution in [0.15, 0.2) is 48.7 Å². The van der Waals surface area contributed by atoms with Gasteiger partial charge in [-0.1, -0.05) is 32.0 Å². The Morgan fingerprint density at radius 3 is 2.48 bits per heavy atom. The number of benzene rings is 2. The molecule has 0 saturated heterocycles. The number of hydrogen-bond acceptors (Lipinski definition) is 7. The van der Waals surface area contributed by atoms with E-state index in [1.165, 1.54) is 5.56 Å². The third-order valence-corrected chi connectivity index (χ3v) is 4.06. The predicted molar refractivity (Wildman–Crippen MR) is 106 cm³/mol. The van der Waals surface area contributed by atoms with E-state index in [0.717, 1.165) is 11.4 Å². The zero-order valence-corrected chi connectivity index (χ0v) is 15.9. The SMILES string of the molecule is COc1ccc(Nc2cnnc(Nc3ccccc3C(C)C)n2)c(OC)c1. The summed E-state index contributed by atoms with van der Waals surface area (Å²) < 4.78 is 10.6. The fraction of sp³-hybridized carbons (Fsp3) is 0.250. The van der Waals surface area contributed by atoms with E-state index in [2.05, 4.69) is 45.7 Å². The first kappa shape index (κ1) is 18.4. The van der Waals surface area contributed by atoms with Crippen LogP contribution in [0.1, 0.15) is 25.3 Å². The molecular weight excluding hydrogens is 342 g/mol. The molecule has 0 amide bonds. The van der Waals surface area contributed by atoms with Gasteiger partial charge in [0.1, 0.15) is 11.5 Å². The van der Waals surface area contributed by atoms with Crippen LogP contribution in [0, 0.1) is 0 Å². The molecule has 0 saturated carbocycles. The average molecular weight is 365 g/mol. The van der Waals surface area contributed by atoms with Gasteiger partial charge in [0.2, 0.25) is 5.95 Å². The van der Waals surface area contributed by atoms with Crippen LogP contribution in [-0.2, 0) is 0 Å². The fourth-order valence-electron chi connectivity index (χ4n) is 2.69. The van der Waals surface area contributed by atoms with Crippen LogP contribution in [0.25, 0.3) is 0 Å². The van der Waals surface area contributed by atoms with E-state index in [4.69, 9.17) is 9.47 Å². The van der Waals surface area contributed by atoms with Gasteiger partial charge in [-0.15, -0.1) is 5.10 Å². The minimum atomic E-state index is 0.381. The minimum absolute atomic E-state index is 0.381. The monoisotopic (exact) mass is 365 g/mol. The van der Waals surface area contributed by atoms with Gasteiger partial charge in [-0.25, -0.2) is 0 Å². The number of para-hydroxylation sites is 1. The summed E-state index contributed by atoms with van der Waals surface area (Å²) >= 11 is 0. The second-order valence-corrected chi connectivity index (χ2v) is 6.22. The van der Waals surface area contributed by atoms with Gasteiger partial charge in [-0.3, -0.25) is 0 Å². The number of rotatable bonds is 7. The standard InChI is InChI=1S/C20H23N5O2/c1-13(2)15-7-5-6-8-16(15)23-20-24-19(12-21-25-20)22-17-10-9-14(26-3)11-18(17)27-4/h5-13H,1-4H3,(H2,22,23,24,25). The van der Waals surface area contributed by atoms with Gasteiger partial charge in [0.05, 0.1) is 26.1 Å². The molecule has 140 valence electrons. The first-order valence-electron chi connectivity index (χ1n) is 8.65. The highest BCUT2D eigenvalue weighted by Gasteiger charge is 2.10. The summed E-state index contributed by atoms with van der Waals surface area (Å²) in [4.78, 5) is 4.50. The van der Waals surface area contributed by atoms with Crippen molar-refractivity contribution in [3.8, 4) is 11.5 Å². The normalized spacial score (nSPS) is 10.6. The van der Waals surface area contributed by atoms with Crippen molar-refractivity contribution in [3.05, 3.63) is 54.2 Å². The Morgan fingerprint density at radius 1 is 0.926 bits per heavy atom. The van der Waals surface area contributed by atoms with Gasteiger partial charge in [0.15, 0.2) is 5.82 Å². The van der Waals surface area contributed by atoms with E-state index in [-0.39, 0.29) is 0 Å². The van der Waals surface area contributed by atoms with E-state index < -0.39 is 0 Å². The Labute approximate surface area is 158 Å². The maximum absolute atomic E-state index is 5.41. The molecule has 0 radical (unpaired) electrons. The Kier molecular flexibility index (Phi) is 5.71. The molecule has 0 fully saturated rings. The van der Waals surface area contributed by atoms with Crippen LogP contribution in [0.5, 0.6) is 11.5 Å². The highest BCUT2D eigenvalue weighted by atomic mass is 16.5. The molecule has 1 aromatic heterocycles. The molecule has 3 aromatic rings. The van der Waals surface area contributed by atoms with Gasteiger partial charge in [-0.2, -0.15) is 10.1 Å². The Balaban J connectivity index is 1.83. The number of nitrogens with zero attached hydrogens (tertiary/aromatic N) is 3. The molecule has 7 heteroatoms. The molecule has 0 bridgehead atoms. The Hall–Kier alpha value is -3.35. The molecule has 0 aliphatic rings. The summed E-state index contributed by atoms with van der Waals surface area (Å²) in [5.74, 6) is 2.71. The second-order valence-electron chi connectivity index (χ2n) is 6.22. The predicted octanol–water partition coefficient (Wildman–Crippen LogP) is 4.50. The lowest BCUT2D eigenvalue weighted by Gasteiger charge is -2.14. The molecule has 0 unspecified atom stereocenters. The van der Waals surface area contributed by atoms with Crippen molar-refractivity contribution in [2.24, 2.45) is 0 Å². The number of aromatic nitrogens is 3. The van der Waals surface area contributed by atoms with Gasteiger partial charge < -0.3 is 20.1 Å². The molecule has 0 atom stereocenters. The first-order valence-corrected chi connectivity index (χ1v) is 8.65. The first-order chi connectivity index (χ1) is 13.1. The molecule has 3 rings (SSSR count). The maximum Gasteiger partial charge on any atom is 0.249 e. The van der Waals surface area contributed by atoms with Crippen molar-refractivity contribution in [1.82, 2.24) is 15.2 Å².